The van der Waals surface area contributed by atoms with E-state index in [1.165, 1.54) is 4.68 Å². The van der Waals surface area contributed by atoms with E-state index in [1.54, 1.807) is 29.5 Å². The first-order chi connectivity index (χ1) is 9.60. The standard InChI is InChI=1S/C13H18N4O2S/c1-3-12(18)11-8-17(15-14-11)9-13(19)16(2)7-10-5-4-6-20-10/h4-6,8,12,18H,3,7,9H2,1-2H3. The van der Waals surface area contributed by atoms with Crippen molar-refractivity contribution in [1.82, 2.24) is 19.9 Å². The predicted molar refractivity (Wildman–Crippen MR) is 76.1 cm³/mol. The van der Waals surface area contributed by atoms with Crippen LogP contribution in [-0.2, 0) is 17.9 Å². The molecule has 7 heteroatoms. The summed E-state index contributed by atoms with van der Waals surface area (Å²) in [4.78, 5) is 14.9. The summed E-state index contributed by atoms with van der Waals surface area (Å²) >= 11 is 1.62. The maximum Gasteiger partial charge on any atom is 0.244 e. The van der Waals surface area contributed by atoms with Gasteiger partial charge in [0.2, 0.25) is 5.91 Å². The smallest absolute Gasteiger partial charge is 0.244 e. The Kier molecular flexibility index (Phi) is 4.86. The molecule has 0 aliphatic heterocycles. The Bertz CT molecular complexity index is 552. The van der Waals surface area contributed by atoms with Crippen LogP contribution >= 0.6 is 11.3 Å². The maximum absolute atomic E-state index is 12.1. The van der Waals surface area contributed by atoms with Crippen LogP contribution in [0, 0.1) is 0 Å². The SMILES string of the molecule is CCC(O)c1cn(CC(=O)N(C)Cc2cccs2)nn1. The van der Waals surface area contributed by atoms with E-state index < -0.39 is 6.10 Å². The first kappa shape index (κ1) is 14.7. The number of rotatable bonds is 6. The van der Waals surface area contributed by atoms with Crippen molar-refractivity contribution in [3.8, 4) is 0 Å². The second kappa shape index (κ2) is 6.62. The molecule has 6 nitrogen and oxygen atoms in total. The summed E-state index contributed by atoms with van der Waals surface area (Å²) in [6.45, 7) is 2.59. The molecule has 108 valence electrons. The third-order valence-electron chi connectivity index (χ3n) is 2.98. The van der Waals surface area contributed by atoms with Crippen molar-refractivity contribution in [3.05, 3.63) is 34.3 Å². The van der Waals surface area contributed by atoms with Gasteiger partial charge in [-0.1, -0.05) is 18.2 Å². The molecule has 2 aromatic heterocycles. The van der Waals surface area contributed by atoms with Gasteiger partial charge in [0.05, 0.1) is 18.8 Å². The number of hydrogen-bond acceptors (Lipinski definition) is 5. The fourth-order valence-electron chi connectivity index (χ4n) is 1.74. The van der Waals surface area contributed by atoms with Crippen LogP contribution in [0.15, 0.2) is 23.7 Å². The number of aliphatic hydroxyl groups is 1. The molecular weight excluding hydrogens is 276 g/mol. The quantitative estimate of drug-likeness (QED) is 0.875. The molecule has 2 aromatic rings. The van der Waals surface area contributed by atoms with Gasteiger partial charge in [-0.25, -0.2) is 4.68 Å². The monoisotopic (exact) mass is 294 g/mol. The van der Waals surface area contributed by atoms with E-state index >= 15 is 0 Å². The third-order valence-corrected chi connectivity index (χ3v) is 3.84. The van der Waals surface area contributed by atoms with E-state index in [-0.39, 0.29) is 12.5 Å². The lowest BCUT2D eigenvalue weighted by atomic mass is 10.2. The van der Waals surface area contributed by atoms with E-state index in [9.17, 15) is 9.90 Å². The maximum atomic E-state index is 12.1. The lowest BCUT2D eigenvalue weighted by Gasteiger charge is -2.15. The fraction of sp³-hybridized carbons (Fsp3) is 0.462. The first-order valence-electron chi connectivity index (χ1n) is 6.44. The molecule has 2 rings (SSSR count). The van der Waals surface area contributed by atoms with Crippen LogP contribution < -0.4 is 0 Å². The molecule has 1 unspecified atom stereocenters. The Morgan fingerprint density at radius 1 is 1.60 bits per heavy atom. The summed E-state index contributed by atoms with van der Waals surface area (Å²) in [7, 11) is 1.76. The summed E-state index contributed by atoms with van der Waals surface area (Å²) in [6, 6.07) is 3.97. The molecule has 0 radical (unpaired) electrons. The predicted octanol–water partition coefficient (Wildman–Crippen LogP) is 1.44. The Labute approximate surface area is 121 Å². The van der Waals surface area contributed by atoms with Gasteiger partial charge in [0, 0.05) is 11.9 Å². The minimum atomic E-state index is -0.622. The highest BCUT2D eigenvalue weighted by atomic mass is 32.1. The Morgan fingerprint density at radius 2 is 2.40 bits per heavy atom. The van der Waals surface area contributed by atoms with Gasteiger partial charge in [-0.3, -0.25) is 4.79 Å². The van der Waals surface area contributed by atoms with Crippen molar-refractivity contribution in [2.75, 3.05) is 7.05 Å². The van der Waals surface area contributed by atoms with Crippen molar-refractivity contribution in [2.24, 2.45) is 0 Å². The molecule has 20 heavy (non-hydrogen) atoms. The van der Waals surface area contributed by atoms with Crippen LogP contribution in [0.25, 0.3) is 0 Å². The fourth-order valence-corrected chi connectivity index (χ4v) is 2.49. The molecular formula is C13H18N4O2S. The molecule has 0 saturated carbocycles. The molecule has 1 amide bonds. The van der Waals surface area contributed by atoms with Gasteiger partial charge < -0.3 is 10.0 Å². The van der Waals surface area contributed by atoms with Crippen molar-refractivity contribution >= 4 is 17.2 Å². The van der Waals surface area contributed by atoms with Crippen molar-refractivity contribution in [2.45, 2.75) is 32.5 Å². The molecule has 0 saturated heterocycles. The summed E-state index contributed by atoms with van der Waals surface area (Å²) in [5.74, 6) is -0.0409. The molecule has 1 N–H and O–H groups in total. The normalized spacial score (nSPS) is 12.3. The molecule has 0 aliphatic carbocycles. The average molecular weight is 294 g/mol. The molecule has 1 atom stereocenters. The van der Waals surface area contributed by atoms with E-state index in [4.69, 9.17) is 0 Å². The Morgan fingerprint density at radius 3 is 3.05 bits per heavy atom. The van der Waals surface area contributed by atoms with Crippen molar-refractivity contribution < 1.29 is 9.90 Å². The molecule has 0 spiro atoms. The average Bonchev–Trinajstić information content (AvgIpc) is 3.09. The minimum Gasteiger partial charge on any atom is -0.387 e. The molecule has 0 fully saturated rings. The van der Waals surface area contributed by atoms with Gasteiger partial charge >= 0.3 is 0 Å². The topological polar surface area (TPSA) is 71.2 Å². The lowest BCUT2D eigenvalue weighted by Crippen LogP contribution is -2.29. The second-order valence-corrected chi connectivity index (χ2v) is 5.63. The van der Waals surface area contributed by atoms with Crippen molar-refractivity contribution in [3.63, 3.8) is 0 Å². The lowest BCUT2D eigenvalue weighted by molar-refractivity contribution is -0.131. The third kappa shape index (κ3) is 3.64. The van der Waals surface area contributed by atoms with Gasteiger partial charge in [0.25, 0.3) is 0 Å². The Hall–Kier alpha value is -1.73. The zero-order valence-corrected chi connectivity index (χ0v) is 12.4. The van der Waals surface area contributed by atoms with Crippen LogP contribution in [0.1, 0.15) is 30.0 Å². The number of aromatic nitrogens is 3. The van der Waals surface area contributed by atoms with Gasteiger partial charge in [-0.2, -0.15) is 0 Å². The van der Waals surface area contributed by atoms with Gasteiger partial charge in [-0.05, 0) is 17.9 Å². The van der Waals surface area contributed by atoms with E-state index in [0.29, 0.717) is 18.7 Å². The van der Waals surface area contributed by atoms with Crippen LogP contribution in [-0.4, -0.2) is 38.0 Å². The number of carbonyl (C=O) groups excluding carboxylic acids is 1. The van der Waals surface area contributed by atoms with E-state index in [2.05, 4.69) is 10.3 Å². The van der Waals surface area contributed by atoms with Crippen LogP contribution in [0.5, 0.6) is 0 Å². The summed E-state index contributed by atoms with van der Waals surface area (Å²) in [5, 5.41) is 19.4. The number of nitrogens with zero attached hydrogens (tertiary/aromatic N) is 4. The summed E-state index contributed by atoms with van der Waals surface area (Å²) in [6.07, 6.45) is 1.57. The molecule has 0 aliphatic rings. The highest BCUT2D eigenvalue weighted by Gasteiger charge is 2.14. The minimum absolute atomic E-state index is 0.0409. The van der Waals surface area contributed by atoms with Crippen molar-refractivity contribution in [1.29, 1.82) is 0 Å². The zero-order chi connectivity index (χ0) is 14.5. The second-order valence-electron chi connectivity index (χ2n) is 4.59. The number of amides is 1. The molecule has 2 heterocycles. The summed E-state index contributed by atoms with van der Waals surface area (Å²) < 4.78 is 1.46. The highest BCUT2D eigenvalue weighted by Crippen LogP contribution is 2.13. The molecule has 0 aromatic carbocycles. The van der Waals surface area contributed by atoms with Gasteiger partial charge in [0.15, 0.2) is 0 Å². The largest absolute Gasteiger partial charge is 0.387 e. The number of thiophene rings is 1. The highest BCUT2D eigenvalue weighted by molar-refractivity contribution is 7.09. The molecule has 0 bridgehead atoms. The zero-order valence-electron chi connectivity index (χ0n) is 11.6. The Balaban J connectivity index is 1.92. The number of aliphatic hydroxyl groups excluding tert-OH is 1. The number of hydrogen-bond donors (Lipinski definition) is 1. The number of likely N-dealkylation sites (N-methyl/N-ethyl adjacent to an activating group) is 1. The van der Waals surface area contributed by atoms with Gasteiger partial charge in [-0.15, -0.1) is 16.4 Å². The van der Waals surface area contributed by atoms with Crippen LogP contribution in [0.3, 0.4) is 0 Å². The van der Waals surface area contributed by atoms with E-state index in [1.807, 2.05) is 24.4 Å². The summed E-state index contributed by atoms with van der Waals surface area (Å²) in [5.41, 5.74) is 0.501. The first-order valence-corrected chi connectivity index (χ1v) is 7.32. The van der Waals surface area contributed by atoms with Crippen LogP contribution in [0.2, 0.25) is 0 Å². The van der Waals surface area contributed by atoms with E-state index in [0.717, 1.165) is 4.88 Å². The van der Waals surface area contributed by atoms with Crippen LogP contribution in [0.4, 0.5) is 0 Å². The number of carbonyl (C=O) groups is 1. The van der Waals surface area contributed by atoms with Gasteiger partial charge in [0.1, 0.15) is 12.2 Å².